The third-order valence-corrected chi connectivity index (χ3v) is 4.67. The van der Waals surface area contributed by atoms with Gasteiger partial charge in [-0.2, -0.15) is 4.99 Å². The van der Waals surface area contributed by atoms with Crippen LogP contribution < -0.4 is 10.6 Å². The van der Waals surface area contributed by atoms with Crippen LogP contribution in [-0.2, 0) is 14.3 Å². The van der Waals surface area contributed by atoms with Crippen molar-refractivity contribution in [2.24, 2.45) is 4.99 Å². The molecule has 0 fully saturated rings. The molecule has 0 spiro atoms. The van der Waals surface area contributed by atoms with Gasteiger partial charge in [0.15, 0.2) is 5.17 Å². The lowest BCUT2D eigenvalue weighted by molar-refractivity contribution is -0.119. The predicted octanol–water partition coefficient (Wildman–Crippen LogP) is 3.90. The number of amides is 2. The molecule has 1 heterocycles. The molecule has 2 N–H and O–H groups in total. The lowest BCUT2D eigenvalue weighted by Gasteiger charge is -2.11. The molecule has 0 saturated carbocycles. The molecule has 2 rings (SSSR count). The van der Waals surface area contributed by atoms with Gasteiger partial charge < -0.3 is 20.1 Å². The van der Waals surface area contributed by atoms with Crippen LogP contribution in [0, 0.1) is 0 Å². The lowest BCUT2D eigenvalue weighted by Crippen LogP contribution is -2.19. The quantitative estimate of drug-likeness (QED) is 0.592. The Hall–Kier alpha value is -2.36. The van der Waals surface area contributed by atoms with Crippen LogP contribution in [0.15, 0.2) is 40.7 Å². The lowest BCUT2D eigenvalue weighted by atomic mass is 10.1. The van der Waals surface area contributed by atoms with Crippen molar-refractivity contribution in [2.45, 2.75) is 0 Å². The van der Waals surface area contributed by atoms with E-state index in [4.69, 9.17) is 4.74 Å². The Labute approximate surface area is 159 Å². The van der Waals surface area contributed by atoms with Crippen molar-refractivity contribution in [3.8, 4) is 11.1 Å². The Morgan fingerprint density at radius 1 is 1.19 bits per heavy atom. The highest BCUT2D eigenvalue weighted by atomic mass is 32.2. The fraction of sp³-hybridized carbons (Fsp3) is 0.235. The molecule has 0 aliphatic heterocycles. The molecule has 9 heteroatoms. The first-order valence-electron chi connectivity index (χ1n) is 7.52. The van der Waals surface area contributed by atoms with Gasteiger partial charge in [-0.05, 0) is 11.8 Å². The van der Waals surface area contributed by atoms with Gasteiger partial charge in [-0.1, -0.05) is 42.1 Å². The van der Waals surface area contributed by atoms with Crippen molar-refractivity contribution in [2.75, 3.05) is 37.7 Å². The van der Waals surface area contributed by atoms with Crippen LogP contribution in [0.1, 0.15) is 0 Å². The summed E-state index contributed by atoms with van der Waals surface area (Å²) in [5.74, 6) is -0.276. The van der Waals surface area contributed by atoms with Gasteiger partial charge in [0.2, 0.25) is 5.91 Å². The number of thiophene rings is 1. The second-order valence-electron chi connectivity index (χ2n) is 4.92. The van der Waals surface area contributed by atoms with E-state index in [2.05, 4.69) is 20.4 Å². The summed E-state index contributed by atoms with van der Waals surface area (Å²) in [5.41, 5.74) is 2.43. The molecule has 138 valence electrons. The third kappa shape index (κ3) is 5.32. The molecular formula is C17H19N3O4S2. The largest absolute Gasteiger partial charge is 0.451 e. The fourth-order valence-corrected chi connectivity index (χ4v) is 3.42. The molecule has 2 amide bonds. The van der Waals surface area contributed by atoms with Crippen LogP contribution in [0.25, 0.3) is 11.1 Å². The number of nitrogens with zero attached hydrogens (tertiary/aromatic N) is 1. The zero-order valence-corrected chi connectivity index (χ0v) is 16.2. The molecule has 0 atom stereocenters. The smallest absolute Gasteiger partial charge is 0.435 e. The van der Waals surface area contributed by atoms with Gasteiger partial charge >= 0.3 is 6.09 Å². The number of aliphatic imine (C=N–C) groups is 1. The summed E-state index contributed by atoms with van der Waals surface area (Å²) >= 11 is 2.66. The first-order valence-corrected chi connectivity index (χ1v) is 9.62. The summed E-state index contributed by atoms with van der Waals surface area (Å²) in [6.45, 7) is -0.0604. The van der Waals surface area contributed by atoms with Crippen LogP contribution in [0.5, 0.6) is 0 Å². The number of carbonyl (C=O) groups excluding carboxylic acids is 2. The SMILES string of the molecule is COCC(=O)Nc1c(-c2ccccc2)csc1NC(=NC(=O)OC)SC. The van der Waals surface area contributed by atoms with E-state index in [1.54, 1.807) is 6.26 Å². The minimum absolute atomic E-state index is 0.0604. The van der Waals surface area contributed by atoms with Crippen LogP contribution in [-0.4, -0.2) is 44.3 Å². The monoisotopic (exact) mass is 393 g/mol. The third-order valence-electron chi connectivity index (χ3n) is 3.20. The van der Waals surface area contributed by atoms with Gasteiger partial charge in [0.1, 0.15) is 11.6 Å². The standard InChI is InChI=1S/C17H19N3O4S2/c1-23-9-13(21)18-14-12(11-7-5-4-6-8-11)10-26-15(14)19-16(25-3)20-17(22)24-2/h4-8,10H,9H2,1-3H3,(H,18,21)(H,19,20,22). The van der Waals surface area contributed by atoms with Gasteiger partial charge in [-0.15, -0.1) is 11.3 Å². The van der Waals surface area contributed by atoms with Gasteiger partial charge in [0.05, 0.1) is 12.8 Å². The maximum atomic E-state index is 12.1. The van der Waals surface area contributed by atoms with Crippen molar-refractivity contribution in [3.05, 3.63) is 35.7 Å². The average Bonchev–Trinajstić information content (AvgIpc) is 3.04. The summed E-state index contributed by atoms with van der Waals surface area (Å²) < 4.78 is 9.45. The Morgan fingerprint density at radius 2 is 1.92 bits per heavy atom. The molecule has 0 bridgehead atoms. The van der Waals surface area contributed by atoms with Crippen LogP contribution in [0.2, 0.25) is 0 Å². The zero-order chi connectivity index (χ0) is 18.9. The predicted molar refractivity (Wildman–Crippen MR) is 107 cm³/mol. The molecule has 26 heavy (non-hydrogen) atoms. The van der Waals surface area contributed by atoms with E-state index < -0.39 is 6.09 Å². The van der Waals surface area contributed by atoms with Crippen LogP contribution >= 0.6 is 23.1 Å². The summed E-state index contributed by atoms with van der Waals surface area (Å²) in [4.78, 5) is 27.3. The van der Waals surface area contributed by atoms with Gasteiger partial charge in [-0.3, -0.25) is 4.79 Å². The fourth-order valence-electron chi connectivity index (χ4n) is 2.06. The molecule has 2 aromatic rings. The summed E-state index contributed by atoms with van der Waals surface area (Å²) in [7, 11) is 2.72. The van der Waals surface area contributed by atoms with Crippen molar-refractivity contribution < 1.29 is 19.1 Å². The van der Waals surface area contributed by atoms with Crippen molar-refractivity contribution in [1.82, 2.24) is 0 Å². The minimum atomic E-state index is -0.702. The molecule has 0 unspecified atom stereocenters. The van der Waals surface area contributed by atoms with Crippen molar-refractivity contribution in [3.63, 3.8) is 0 Å². The number of methoxy groups -OCH3 is 2. The zero-order valence-electron chi connectivity index (χ0n) is 14.6. The normalized spacial score (nSPS) is 11.1. The van der Waals surface area contributed by atoms with E-state index in [0.29, 0.717) is 15.9 Å². The maximum absolute atomic E-state index is 12.1. The highest BCUT2D eigenvalue weighted by Crippen LogP contribution is 2.40. The second kappa shape index (κ2) is 9.95. The number of nitrogens with one attached hydrogen (secondary N) is 2. The van der Waals surface area contributed by atoms with Gasteiger partial charge in [0, 0.05) is 18.1 Å². The van der Waals surface area contributed by atoms with Crippen LogP contribution in [0.3, 0.4) is 0 Å². The van der Waals surface area contributed by atoms with E-state index in [1.807, 2.05) is 35.7 Å². The molecule has 1 aromatic carbocycles. The number of thioether (sulfide) groups is 1. The number of hydrogen-bond acceptors (Lipinski definition) is 6. The number of amidine groups is 1. The number of ether oxygens (including phenoxy) is 2. The first kappa shape index (κ1) is 20.0. The number of carbonyl (C=O) groups is 2. The molecule has 0 radical (unpaired) electrons. The summed E-state index contributed by atoms with van der Waals surface area (Å²) in [6, 6.07) is 9.68. The summed E-state index contributed by atoms with van der Waals surface area (Å²) in [5, 5.41) is 8.88. The summed E-state index contributed by atoms with van der Waals surface area (Å²) in [6.07, 6.45) is 1.08. The number of anilines is 2. The van der Waals surface area contributed by atoms with E-state index >= 15 is 0 Å². The Bertz CT molecular complexity index is 791. The van der Waals surface area contributed by atoms with Gasteiger partial charge in [0.25, 0.3) is 0 Å². The molecule has 7 nitrogen and oxygen atoms in total. The molecule has 1 aromatic heterocycles. The highest BCUT2D eigenvalue weighted by molar-refractivity contribution is 8.13. The van der Waals surface area contributed by atoms with Gasteiger partial charge in [-0.25, -0.2) is 4.79 Å². The molecular weight excluding hydrogens is 374 g/mol. The molecule has 0 aliphatic carbocycles. The first-order chi connectivity index (χ1) is 12.6. The van der Waals surface area contributed by atoms with E-state index in [1.165, 1.54) is 37.3 Å². The minimum Gasteiger partial charge on any atom is -0.451 e. The number of hydrogen-bond donors (Lipinski definition) is 2. The Kier molecular flexibility index (Phi) is 7.64. The van der Waals surface area contributed by atoms with E-state index in [-0.39, 0.29) is 12.5 Å². The van der Waals surface area contributed by atoms with Crippen molar-refractivity contribution >= 4 is 51.0 Å². The number of benzene rings is 1. The van der Waals surface area contributed by atoms with E-state index in [0.717, 1.165) is 11.1 Å². The molecule has 0 aliphatic rings. The second-order valence-corrected chi connectivity index (χ2v) is 6.59. The maximum Gasteiger partial charge on any atom is 0.435 e. The van der Waals surface area contributed by atoms with E-state index in [9.17, 15) is 9.59 Å². The van der Waals surface area contributed by atoms with Crippen molar-refractivity contribution in [1.29, 1.82) is 0 Å². The van der Waals surface area contributed by atoms with Crippen LogP contribution in [0.4, 0.5) is 15.5 Å². The highest BCUT2D eigenvalue weighted by Gasteiger charge is 2.17. The number of rotatable bonds is 5. The Morgan fingerprint density at radius 3 is 2.54 bits per heavy atom. The topological polar surface area (TPSA) is 89.0 Å². The average molecular weight is 393 g/mol. The Balaban J connectivity index is 2.39. The molecule has 0 saturated heterocycles.